The fraction of sp³-hybridized carbons (Fsp3) is 0.500. The van der Waals surface area contributed by atoms with Gasteiger partial charge in [0.05, 0.1) is 13.1 Å². The Bertz CT molecular complexity index is 516. The summed E-state index contributed by atoms with van der Waals surface area (Å²) >= 11 is 0. The molecule has 1 unspecified atom stereocenters. The number of benzene rings is 1. The summed E-state index contributed by atoms with van der Waals surface area (Å²) in [6, 6.07) is 7.93. The van der Waals surface area contributed by atoms with E-state index in [9.17, 15) is 9.59 Å². The van der Waals surface area contributed by atoms with E-state index in [0.717, 1.165) is 23.6 Å². The van der Waals surface area contributed by atoms with Gasteiger partial charge in [0.1, 0.15) is 0 Å². The van der Waals surface area contributed by atoms with E-state index in [1.807, 2.05) is 18.2 Å². The maximum absolute atomic E-state index is 12.2. The van der Waals surface area contributed by atoms with E-state index in [4.69, 9.17) is 0 Å². The van der Waals surface area contributed by atoms with Gasteiger partial charge in [0, 0.05) is 5.69 Å². The van der Waals surface area contributed by atoms with Crippen LogP contribution < -0.4 is 15.5 Å². The Hall–Kier alpha value is -1.88. The van der Waals surface area contributed by atoms with Crippen molar-refractivity contribution in [1.82, 2.24) is 5.32 Å². The van der Waals surface area contributed by atoms with Gasteiger partial charge in [-0.3, -0.25) is 9.59 Å². The number of rotatable bonds is 5. The lowest BCUT2D eigenvalue weighted by molar-refractivity contribution is -0.885. The Morgan fingerprint density at radius 2 is 2.19 bits per heavy atom. The number of carbonyl (C=O) groups is 2. The third-order valence-electron chi connectivity index (χ3n) is 4.00. The summed E-state index contributed by atoms with van der Waals surface area (Å²) in [5.74, 6) is 0.397. The summed E-state index contributed by atoms with van der Waals surface area (Å²) in [4.78, 5) is 24.5. The molecule has 2 amide bonds. The predicted octanol–water partition coefficient (Wildman–Crippen LogP) is 0.153. The standard InChI is InChI=1S/C16H23N3O2/c1-3-12(2)13-6-4-5-7-14(13)18-16(21)11-19-9-8-17-15(20)10-19/h4-7,12H,3,8-11H2,1-2H3,(H,17,20)(H,18,21)/p+1/t12-/m1/s1. The first-order valence-electron chi connectivity index (χ1n) is 7.59. The second-order valence-electron chi connectivity index (χ2n) is 5.65. The van der Waals surface area contributed by atoms with E-state index in [0.29, 0.717) is 25.6 Å². The number of hydrogen-bond acceptors (Lipinski definition) is 2. The van der Waals surface area contributed by atoms with Gasteiger partial charge in [0.15, 0.2) is 13.1 Å². The highest BCUT2D eigenvalue weighted by molar-refractivity contribution is 5.92. The van der Waals surface area contributed by atoms with E-state index in [2.05, 4.69) is 30.5 Å². The van der Waals surface area contributed by atoms with Crippen molar-refractivity contribution in [2.24, 2.45) is 0 Å². The summed E-state index contributed by atoms with van der Waals surface area (Å²) in [5, 5.41) is 5.77. The van der Waals surface area contributed by atoms with Gasteiger partial charge in [-0.25, -0.2) is 0 Å². The number of piperazine rings is 1. The first kappa shape index (κ1) is 15.5. The molecule has 1 aromatic carbocycles. The van der Waals surface area contributed by atoms with Crippen LogP contribution in [0, 0.1) is 0 Å². The van der Waals surface area contributed by atoms with Gasteiger partial charge in [0.25, 0.3) is 11.8 Å². The van der Waals surface area contributed by atoms with Crippen LogP contribution in [0.2, 0.25) is 0 Å². The molecule has 1 aromatic rings. The Kier molecular flexibility index (Phi) is 5.33. The number of para-hydroxylation sites is 1. The summed E-state index contributed by atoms with van der Waals surface area (Å²) in [6.07, 6.45) is 1.03. The van der Waals surface area contributed by atoms with Gasteiger partial charge < -0.3 is 15.5 Å². The highest BCUT2D eigenvalue weighted by Crippen LogP contribution is 2.26. The average molecular weight is 290 g/mol. The zero-order chi connectivity index (χ0) is 15.2. The van der Waals surface area contributed by atoms with Gasteiger partial charge in [-0.2, -0.15) is 0 Å². The molecule has 1 fully saturated rings. The van der Waals surface area contributed by atoms with Crippen LogP contribution in [0.5, 0.6) is 0 Å². The van der Waals surface area contributed by atoms with E-state index in [-0.39, 0.29) is 11.8 Å². The van der Waals surface area contributed by atoms with Crippen LogP contribution in [0.4, 0.5) is 5.69 Å². The maximum atomic E-state index is 12.2. The topological polar surface area (TPSA) is 62.6 Å². The van der Waals surface area contributed by atoms with Crippen molar-refractivity contribution < 1.29 is 14.5 Å². The Morgan fingerprint density at radius 1 is 1.43 bits per heavy atom. The zero-order valence-corrected chi connectivity index (χ0v) is 12.7. The van der Waals surface area contributed by atoms with E-state index in [1.54, 1.807) is 0 Å². The molecule has 1 aliphatic heterocycles. The van der Waals surface area contributed by atoms with Crippen molar-refractivity contribution in [2.75, 3.05) is 31.5 Å². The predicted molar refractivity (Wildman–Crippen MR) is 82.4 cm³/mol. The van der Waals surface area contributed by atoms with Crippen LogP contribution in [0.25, 0.3) is 0 Å². The molecule has 2 atom stereocenters. The first-order valence-corrected chi connectivity index (χ1v) is 7.59. The van der Waals surface area contributed by atoms with E-state index in [1.165, 1.54) is 5.56 Å². The lowest BCUT2D eigenvalue weighted by Crippen LogP contribution is -3.16. The number of nitrogens with one attached hydrogen (secondary N) is 3. The molecule has 0 radical (unpaired) electrons. The molecular weight excluding hydrogens is 266 g/mol. The fourth-order valence-electron chi connectivity index (χ4n) is 2.59. The molecule has 0 spiro atoms. The van der Waals surface area contributed by atoms with Crippen molar-refractivity contribution in [3.05, 3.63) is 29.8 Å². The fourth-order valence-corrected chi connectivity index (χ4v) is 2.59. The maximum Gasteiger partial charge on any atom is 0.279 e. The second kappa shape index (κ2) is 7.22. The minimum Gasteiger partial charge on any atom is -0.346 e. The normalized spacial score (nSPS) is 19.7. The minimum absolute atomic E-state index is 0.0176. The Labute approximate surface area is 125 Å². The van der Waals surface area contributed by atoms with Gasteiger partial charge in [0.2, 0.25) is 0 Å². The summed E-state index contributed by atoms with van der Waals surface area (Å²) in [6.45, 7) is 6.45. The van der Waals surface area contributed by atoms with E-state index >= 15 is 0 Å². The van der Waals surface area contributed by atoms with Crippen LogP contribution in [0.1, 0.15) is 31.7 Å². The molecule has 0 bridgehead atoms. The highest BCUT2D eigenvalue weighted by Gasteiger charge is 2.22. The summed E-state index contributed by atoms with van der Waals surface area (Å²) in [5.41, 5.74) is 2.05. The summed E-state index contributed by atoms with van der Waals surface area (Å²) < 4.78 is 0. The number of carbonyl (C=O) groups excluding carboxylic acids is 2. The Balaban J connectivity index is 1.98. The van der Waals surface area contributed by atoms with Gasteiger partial charge in [-0.05, 0) is 24.0 Å². The highest BCUT2D eigenvalue weighted by atomic mass is 16.2. The summed E-state index contributed by atoms with van der Waals surface area (Å²) in [7, 11) is 0. The third kappa shape index (κ3) is 4.29. The first-order chi connectivity index (χ1) is 10.1. The lowest BCUT2D eigenvalue weighted by Gasteiger charge is -2.23. The van der Waals surface area contributed by atoms with Crippen molar-refractivity contribution in [3.8, 4) is 0 Å². The molecule has 0 saturated carbocycles. The van der Waals surface area contributed by atoms with Gasteiger partial charge in [-0.1, -0.05) is 32.0 Å². The number of amides is 2. The number of quaternary nitrogens is 1. The zero-order valence-electron chi connectivity index (χ0n) is 12.7. The quantitative estimate of drug-likeness (QED) is 0.723. The minimum atomic E-state index is -0.0320. The molecule has 3 N–H and O–H groups in total. The van der Waals surface area contributed by atoms with Crippen LogP contribution in [-0.4, -0.2) is 38.0 Å². The monoisotopic (exact) mass is 290 g/mol. The lowest BCUT2D eigenvalue weighted by atomic mass is 9.97. The molecule has 1 heterocycles. The molecule has 0 aliphatic carbocycles. The third-order valence-corrected chi connectivity index (χ3v) is 4.00. The SMILES string of the molecule is CC[C@@H](C)c1ccccc1NC(=O)C[NH+]1CCNC(=O)C1. The van der Waals surface area contributed by atoms with Crippen LogP contribution in [-0.2, 0) is 9.59 Å². The molecule has 0 aromatic heterocycles. The average Bonchev–Trinajstić information content (AvgIpc) is 2.47. The number of hydrogen-bond donors (Lipinski definition) is 3. The van der Waals surface area contributed by atoms with Crippen molar-refractivity contribution in [1.29, 1.82) is 0 Å². The molecule has 2 rings (SSSR count). The van der Waals surface area contributed by atoms with Crippen molar-refractivity contribution in [2.45, 2.75) is 26.2 Å². The van der Waals surface area contributed by atoms with E-state index < -0.39 is 0 Å². The molecule has 1 saturated heterocycles. The van der Waals surface area contributed by atoms with Crippen molar-refractivity contribution in [3.63, 3.8) is 0 Å². The van der Waals surface area contributed by atoms with Crippen LogP contribution in [0.3, 0.4) is 0 Å². The van der Waals surface area contributed by atoms with Gasteiger partial charge in [-0.15, -0.1) is 0 Å². The smallest absolute Gasteiger partial charge is 0.279 e. The largest absolute Gasteiger partial charge is 0.346 e. The second-order valence-corrected chi connectivity index (χ2v) is 5.65. The van der Waals surface area contributed by atoms with Crippen LogP contribution >= 0.6 is 0 Å². The molecule has 1 aliphatic rings. The number of anilines is 1. The van der Waals surface area contributed by atoms with Crippen molar-refractivity contribution >= 4 is 17.5 Å². The van der Waals surface area contributed by atoms with Gasteiger partial charge >= 0.3 is 0 Å². The molecule has 5 nitrogen and oxygen atoms in total. The van der Waals surface area contributed by atoms with Crippen LogP contribution in [0.15, 0.2) is 24.3 Å². The molecular formula is C16H24N3O2+. The molecule has 21 heavy (non-hydrogen) atoms. The molecule has 114 valence electrons. The Morgan fingerprint density at radius 3 is 2.90 bits per heavy atom. The molecule has 5 heteroatoms.